The molecule has 1 atom stereocenters. The molecule has 4 rings (SSSR count). The smallest absolute Gasteiger partial charge is 0.301 e. The monoisotopic (exact) mass is 476 g/mol. The van der Waals surface area contributed by atoms with E-state index in [1.807, 2.05) is 13.8 Å². The van der Waals surface area contributed by atoms with Crippen LogP contribution in [0.4, 0.5) is 5.13 Å². The number of benzene rings is 2. The van der Waals surface area contributed by atoms with Crippen LogP contribution in [0.3, 0.4) is 0 Å². The first-order chi connectivity index (χ1) is 16.3. The molecule has 0 bridgehead atoms. The van der Waals surface area contributed by atoms with E-state index in [9.17, 15) is 14.7 Å². The van der Waals surface area contributed by atoms with Gasteiger partial charge in [-0.3, -0.25) is 14.5 Å². The maximum atomic E-state index is 13.2. The number of hydrogen-bond acceptors (Lipinski definition) is 7. The van der Waals surface area contributed by atoms with Gasteiger partial charge in [-0.15, -0.1) is 11.3 Å². The highest BCUT2D eigenvalue weighted by molar-refractivity contribution is 7.16. The molecule has 0 spiro atoms. The molecule has 2 heterocycles. The van der Waals surface area contributed by atoms with Crippen LogP contribution < -0.4 is 14.4 Å². The molecule has 1 aliphatic rings. The summed E-state index contributed by atoms with van der Waals surface area (Å²) in [5.41, 5.74) is 1.83. The molecule has 2 aromatic carbocycles. The molecule has 1 N–H and O–H groups in total. The lowest BCUT2D eigenvalue weighted by Crippen LogP contribution is -2.29. The van der Waals surface area contributed by atoms with Gasteiger partial charge in [0.1, 0.15) is 23.9 Å². The first-order valence-corrected chi connectivity index (χ1v) is 11.4. The van der Waals surface area contributed by atoms with Gasteiger partial charge < -0.3 is 14.6 Å². The summed E-state index contributed by atoms with van der Waals surface area (Å²) in [5, 5.41) is 11.6. The largest absolute Gasteiger partial charge is 0.507 e. The predicted molar refractivity (Wildman–Crippen MR) is 131 cm³/mol. The molecule has 0 aliphatic carbocycles. The van der Waals surface area contributed by atoms with E-state index in [0.717, 1.165) is 10.6 Å². The minimum atomic E-state index is -0.847. The fraction of sp³-hybridized carbons (Fsp3) is 0.192. The van der Waals surface area contributed by atoms with Crippen molar-refractivity contribution in [1.82, 2.24) is 4.98 Å². The van der Waals surface area contributed by atoms with Gasteiger partial charge >= 0.3 is 5.91 Å². The van der Waals surface area contributed by atoms with Crippen molar-refractivity contribution >= 4 is 33.9 Å². The number of carbonyl (C=O) groups is 2. The molecule has 34 heavy (non-hydrogen) atoms. The van der Waals surface area contributed by atoms with E-state index in [4.69, 9.17) is 9.47 Å². The Kier molecular flexibility index (Phi) is 6.51. The summed E-state index contributed by atoms with van der Waals surface area (Å²) in [6.07, 6.45) is 1.64. The lowest BCUT2D eigenvalue weighted by Gasteiger charge is -2.23. The maximum absolute atomic E-state index is 13.2. The first-order valence-electron chi connectivity index (χ1n) is 10.6. The van der Waals surface area contributed by atoms with E-state index in [1.165, 1.54) is 16.2 Å². The number of ketones is 1. The third kappa shape index (κ3) is 4.20. The van der Waals surface area contributed by atoms with E-state index in [-0.39, 0.29) is 11.3 Å². The number of Topliss-reactive ketones (excluding diaryl/α,β-unsaturated/α-hetero) is 1. The number of rotatable bonds is 7. The Bertz CT molecular complexity index is 1260. The maximum Gasteiger partial charge on any atom is 0.301 e. The van der Waals surface area contributed by atoms with E-state index in [0.29, 0.717) is 34.4 Å². The van der Waals surface area contributed by atoms with E-state index in [2.05, 4.69) is 11.6 Å². The number of nitrogens with zero attached hydrogens (tertiary/aromatic N) is 2. The van der Waals surface area contributed by atoms with Crippen molar-refractivity contribution in [2.75, 3.05) is 18.6 Å². The van der Waals surface area contributed by atoms with Crippen molar-refractivity contribution in [1.29, 1.82) is 0 Å². The van der Waals surface area contributed by atoms with E-state index in [1.54, 1.807) is 61.7 Å². The third-order valence-corrected chi connectivity index (χ3v) is 6.67. The SMILES string of the molecule is C=CCOc1ccc([C@@H]2C(=C(O)c3ccc(OC)cc3)C(=O)C(=O)N2c2nc(C)c(C)s2)cc1. The number of aliphatic hydroxyl groups excluding tert-OH is 1. The molecule has 0 unspecified atom stereocenters. The lowest BCUT2D eigenvalue weighted by atomic mass is 9.95. The van der Waals surface area contributed by atoms with Crippen molar-refractivity contribution in [2.45, 2.75) is 19.9 Å². The first kappa shape index (κ1) is 23.3. The van der Waals surface area contributed by atoms with Gasteiger partial charge in [-0.25, -0.2) is 4.98 Å². The second-order valence-corrected chi connectivity index (χ2v) is 8.89. The fourth-order valence-electron chi connectivity index (χ4n) is 3.71. The number of thiazole rings is 1. The molecule has 174 valence electrons. The predicted octanol–water partition coefficient (Wildman–Crippen LogP) is 4.96. The molecule has 0 radical (unpaired) electrons. The zero-order valence-electron chi connectivity index (χ0n) is 19.1. The van der Waals surface area contributed by atoms with Gasteiger partial charge in [0.15, 0.2) is 5.13 Å². The van der Waals surface area contributed by atoms with Gasteiger partial charge in [0, 0.05) is 10.4 Å². The summed E-state index contributed by atoms with van der Waals surface area (Å²) in [5.74, 6) is -0.531. The van der Waals surface area contributed by atoms with Crippen molar-refractivity contribution in [2.24, 2.45) is 0 Å². The minimum absolute atomic E-state index is 0.000401. The Morgan fingerprint density at radius 1 is 1.12 bits per heavy atom. The van der Waals surface area contributed by atoms with Crippen LogP contribution in [0.5, 0.6) is 11.5 Å². The van der Waals surface area contributed by atoms with Crippen LogP contribution in [0.15, 0.2) is 66.8 Å². The number of aromatic nitrogens is 1. The second-order valence-electron chi connectivity index (χ2n) is 7.70. The standard InChI is InChI=1S/C26H24N2O5S/c1-5-14-33-20-12-6-17(7-13-20)22-21(23(29)18-8-10-19(32-4)11-9-18)24(30)25(31)28(22)26-27-15(2)16(3)34-26/h5-13,22,29H,1,14H2,2-4H3/t22-/m1/s1. The number of methoxy groups -OCH3 is 1. The molecule has 1 aromatic heterocycles. The Balaban J connectivity index is 1.86. The van der Waals surface area contributed by atoms with Crippen LogP contribution in [0.25, 0.3) is 5.76 Å². The highest BCUT2D eigenvalue weighted by atomic mass is 32.1. The minimum Gasteiger partial charge on any atom is -0.507 e. The van der Waals surface area contributed by atoms with Crippen LogP contribution in [0.2, 0.25) is 0 Å². The van der Waals surface area contributed by atoms with Crippen LogP contribution in [0.1, 0.15) is 27.7 Å². The van der Waals surface area contributed by atoms with Crippen molar-refractivity contribution in [3.63, 3.8) is 0 Å². The van der Waals surface area contributed by atoms with E-state index >= 15 is 0 Å². The van der Waals surface area contributed by atoms with Gasteiger partial charge in [0.25, 0.3) is 5.78 Å². The normalized spacial score (nSPS) is 17.1. The molecule has 7 nitrogen and oxygen atoms in total. The highest BCUT2D eigenvalue weighted by Crippen LogP contribution is 2.44. The topological polar surface area (TPSA) is 89.0 Å². The Morgan fingerprint density at radius 3 is 2.32 bits per heavy atom. The van der Waals surface area contributed by atoms with E-state index < -0.39 is 17.7 Å². The fourth-order valence-corrected chi connectivity index (χ4v) is 4.65. The summed E-state index contributed by atoms with van der Waals surface area (Å²) in [7, 11) is 1.54. The number of carbonyl (C=O) groups excluding carboxylic acids is 2. The summed E-state index contributed by atoms with van der Waals surface area (Å²) in [6, 6.07) is 12.9. The quantitative estimate of drug-likeness (QED) is 0.224. The number of anilines is 1. The average Bonchev–Trinajstić information content (AvgIpc) is 3.32. The summed E-state index contributed by atoms with van der Waals surface area (Å²) >= 11 is 1.33. The Labute approximate surface area is 201 Å². The zero-order valence-corrected chi connectivity index (χ0v) is 19.9. The number of aliphatic hydroxyl groups is 1. The summed E-state index contributed by atoms with van der Waals surface area (Å²) in [4.78, 5) is 33.2. The van der Waals surface area contributed by atoms with Crippen LogP contribution in [0, 0.1) is 13.8 Å². The molecule has 1 amide bonds. The van der Waals surface area contributed by atoms with Gasteiger partial charge in [-0.1, -0.05) is 24.8 Å². The van der Waals surface area contributed by atoms with Gasteiger partial charge in [0.05, 0.1) is 24.4 Å². The molecule has 0 saturated carbocycles. The second kappa shape index (κ2) is 9.52. The molecule has 3 aromatic rings. The lowest BCUT2D eigenvalue weighted by molar-refractivity contribution is -0.132. The molecule has 1 fully saturated rings. The summed E-state index contributed by atoms with van der Waals surface area (Å²) in [6.45, 7) is 7.75. The highest BCUT2D eigenvalue weighted by Gasteiger charge is 2.48. The molecule has 1 saturated heterocycles. The zero-order chi connectivity index (χ0) is 24.4. The van der Waals surface area contributed by atoms with Gasteiger partial charge in [-0.05, 0) is 55.8 Å². The summed E-state index contributed by atoms with van der Waals surface area (Å²) < 4.78 is 10.7. The number of hydrogen-bond donors (Lipinski definition) is 1. The van der Waals surface area contributed by atoms with Crippen LogP contribution in [-0.2, 0) is 9.59 Å². The van der Waals surface area contributed by atoms with Crippen LogP contribution >= 0.6 is 11.3 Å². The number of aryl methyl sites for hydroxylation is 2. The molecule has 8 heteroatoms. The molecular formula is C26H24N2O5S. The number of amides is 1. The molecular weight excluding hydrogens is 452 g/mol. The Hall–Kier alpha value is -3.91. The van der Waals surface area contributed by atoms with Gasteiger partial charge in [0.2, 0.25) is 0 Å². The molecule has 1 aliphatic heterocycles. The van der Waals surface area contributed by atoms with Crippen molar-refractivity contribution < 1.29 is 24.2 Å². The number of ether oxygens (including phenoxy) is 2. The van der Waals surface area contributed by atoms with Gasteiger partial charge in [-0.2, -0.15) is 0 Å². The third-order valence-electron chi connectivity index (χ3n) is 5.59. The van der Waals surface area contributed by atoms with Crippen molar-refractivity contribution in [3.8, 4) is 11.5 Å². The van der Waals surface area contributed by atoms with Crippen molar-refractivity contribution in [3.05, 3.63) is 88.5 Å². The Morgan fingerprint density at radius 2 is 1.76 bits per heavy atom. The average molecular weight is 477 g/mol. The van der Waals surface area contributed by atoms with Crippen LogP contribution in [-0.4, -0.2) is 35.5 Å².